The van der Waals surface area contributed by atoms with Crippen molar-refractivity contribution >= 4 is 17.3 Å². The molecule has 0 spiro atoms. The molecule has 0 aliphatic carbocycles. The highest BCUT2D eigenvalue weighted by molar-refractivity contribution is 5.97. The summed E-state index contributed by atoms with van der Waals surface area (Å²) in [4.78, 5) is 11.6. The second-order valence-corrected chi connectivity index (χ2v) is 3.80. The number of carbonyl (C=O) groups excluding carboxylic acids is 1. The van der Waals surface area contributed by atoms with Crippen LogP contribution in [0.1, 0.15) is 24.2 Å². The fraction of sp³-hybridized carbons (Fsp3) is 0.364. The first-order valence-corrected chi connectivity index (χ1v) is 4.83. The lowest BCUT2D eigenvalue weighted by atomic mass is 10.1. The summed E-state index contributed by atoms with van der Waals surface area (Å²) in [6.45, 7) is 4.32. The molecular weight excluding hydrogens is 192 g/mol. The van der Waals surface area contributed by atoms with Gasteiger partial charge in [-0.15, -0.1) is 0 Å². The normalized spacial score (nSPS) is 10.3. The summed E-state index contributed by atoms with van der Waals surface area (Å²) in [6, 6.07) is 4.93. The van der Waals surface area contributed by atoms with Crippen LogP contribution in [0.25, 0.3) is 0 Å². The molecular formula is C11H16N2O2. The van der Waals surface area contributed by atoms with E-state index in [2.05, 4.69) is 0 Å². The number of ether oxygens (including phenoxy) is 1. The van der Waals surface area contributed by atoms with Gasteiger partial charge in [0.25, 0.3) is 0 Å². The molecule has 0 aliphatic heterocycles. The Morgan fingerprint density at radius 3 is 2.67 bits per heavy atom. The summed E-state index contributed by atoms with van der Waals surface area (Å²) in [7, 11) is 0. The van der Waals surface area contributed by atoms with Gasteiger partial charge in [-0.1, -0.05) is 19.9 Å². The molecule has 0 fully saturated rings. The summed E-state index contributed by atoms with van der Waals surface area (Å²) in [5, 5.41) is 0. The largest absolute Gasteiger partial charge is 0.462 e. The molecule has 0 saturated heterocycles. The van der Waals surface area contributed by atoms with E-state index in [0.29, 0.717) is 23.8 Å². The Bertz CT molecular complexity index is 362. The van der Waals surface area contributed by atoms with Crippen molar-refractivity contribution in [3.8, 4) is 0 Å². The van der Waals surface area contributed by atoms with E-state index in [-0.39, 0.29) is 5.69 Å². The van der Waals surface area contributed by atoms with Crippen LogP contribution in [0.4, 0.5) is 11.4 Å². The second-order valence-electron chi connectivity index (χ2n) is 3.80. The van der Waals surface area contributed by atoms with Gasteiger partial charge in [0.05, 0.1) is 23.5 Å². The van der Waals surface area contributed by atoms with Crippen molar-refractivity contribution in [2.24, 2.45) is 5.92 Å². The maximum atomic E-state index is 11.6. The molecule has 4 heteroatoms. The standard InChI is InChI=1S/C11H16N2O2/c1-7(2)6-15-11(14)8-4-3-5-9(12)10(8)13/h3-5,7H,6,12-13H2,1-2H3. The minimum Gasteiger partial charge on any atom is -0.462 e. The summed E-state index contributed by atoms with van der Waals surface area (Å²) >= 11 is 0. The van der Waals surface area contributed by atoms with Crippen LogP contribution >= 0.6 is 0 Å². The van der Waals surface area contributed by atoms with E-state index in [1.54, 1.807) is 18.2 Å². The Balaban J connectivity index is 2.78. The van der Waals surface area contributed by atoms with Crippen molar-refractivity contribution in [1.29, 1.82) is 0 Å². The minimum atomic E-state index is -0.423. The SMILES string of the molecule is CC(C)COC(=O)c1cccc(N)c1N. The zero-order valence-corrected chi connectivity index (χ0v) is 8.99. The molecule has 0 aromatic heterocycles. The predicted molar refractivity (Wildman–Crippen MR) is 60.4 cm³/mol. The van der Waals surface area contributed by atoms with Crippen molar-refractivity contribution in [2.45, 2.75) is 13.8 Å². The molecule has 1 aromatic rings. The molecule has 0 bridgehead atoms. The van der Waals surface area contributed by atoms with Gasteiger partial charge in [0.15, 0.2) is 0 Å². The summed E-state index contributed by atoms with van der Waals surface area (Å²) in [5.74, 6) is -0.121. The number of benzene rings is 1. The van der Waals surface area contributed by atoms with Crippen molar-refractivity contribution < 1.29 is 9.53 Å². The number of nitrogens with two attached hydrogens (primary N) is 2. The molecule has 4 nitrogen and oxygen atoms in total. The van der Waals surface area contributed by atoms with Gasteiger partial charge >= 0.3 is 5.97 Å². The van der Waals surface area contributed by atoms with Gasteiger partial charge in [-0.3, -0.25) is 0 Å². The van der Waals surface area contributed by atoms with E-state index in [9.17, 15) is 4.79 Å². The molecule has 0 amide bonds. The number of carbonyl (C=O) groups is 1. The molecule has 0 aliphatic rings. The molecule has 15 heavy (non-hydrogen) atoms. The van der Waals surface area contributed by atoms with Crippen LogP contribution in [0.5, 0.6) is 0 Å². The average Bonchev–Trinajstić information content (AvgIpc) is 2.18. The predicted octanol–water partition coefficient (Wildman–Crippen LogP) is 1.66. The van der Waals surface area contributed by atoms with Gasteiger partial charge in [-0.05, 0) is 18.1 Å². The molecule has 0 unspecified atom stereocenters. The second kappa shape index (κ2) is 4.68. The molecule has 82 valence electrons. The quantitative estimate of drug-likeness (QED) is 0.585. The summed E-state index contributed by atoms with van der Waals surface area (Å²) in [6.07, 6.45) is 0. The lowest BCUT2D eigenvalue weighted by Crippen LogP contribution is -2.12. The molecule has 0 radical (unpaired) electrons. The topological polar surface area (TPSA) is 78.3 Å². The van der Waals surface area contributed by atoms with E-state index < -0.39 is 5.97 Å². The van der Waals surface area contributed by atoms with Gasteiger partial charge < -0.3 is 16.2 Å². The van der Waals surface area contributed by atoms with Crippen LogP contribution in [0.2, 0.25) is 0 Å². The van der Waals surface area contributed by atoms with E-state index in [4.69, 9.17) is 16.2 Å². The molecule has 0 atom stereocenters. The molecule has 0 heterocycles. The highest BCUT2D eigenvalue weighted by Crippen LogP contribution is 2.20. The fourth-order valence-corrected chi connectivity index (χ4v) is 1.08. The highest BCUT2D eigenvalue weighted by Gasteiger charge is 2.12. The zero-order chi connectivity index (χ0) is 11.4. The van der Waals surface area contributed by atoms with Gasteiger partial charge in [0.2, 0.25) is 0 Å². The lowest BCUT2D eigenvalue weighted by molar-refractivity contribution is 0.0460. The number of para-hydroxylation sites is 1. The van der Waals surface area contributed by atoms with Gasteiger partial charge in [0.1, 0.15) is 0 Å². The van der Waals surface area contributed by atoms with E-state index >= 15 is 0 Å². The number of esters is 1. The van der Waals surface area contributed by atoms with Crippen LogP contribution in [-0.4, -0.2) is 12.6 Å². The molecule has 1 rings (SSSR count). The van der Waals surface area contributed by atoms with E-state index in [0.717, 1.165) is 0 Å². The molecule has 0 saturated carbocycles. The van der Waals surface area contributed by atoms with Crippen molar-refractivity contribution in [1.82, 2.24) is 0 Å². The number of hydrogen-bond acceptors (Lipinski definition) is 4. The number of hydrogen-bond donors (Lipinski definition) is 2. The van der Waals surface area contributed by atoms with Crippen molar-refractivity contribution in [3.05, 3.63) is 23.8 Å². The zero-order valence-electron chi connectivity index (χ0n) is 8.99. The Morgan fingerprint density at radius 2 is 2.07 bits per heavy atom. The first-order valence-electron chi connectivity index (χ1n) is 4.83. The van der Waals surface area contributed by atoms with E-state index in [1.165, 1.54) is 0 Å². The first-order chi connectivity index (χ1) is 7.02. The Hall–Kier alpha value is -1.71. The number of nitrogen functional groups attached to an aromatic ring is 2. The number of anilines is 2. The number of rotatable bonds is 3. The Morgan fingerprint density at radius 1 is 1.40 bits per heavy atom. The average molecular weight is 208 g/mol. The van der Waals surface area contributed by atoms with Gasteiger partial charge in [-0.25, -0.2) is 4.79 Å². The van der Waals surface area contributed by atoms with Gasteiger partial charge in [-0.2, -0.15) is 0 Å². The third kappa shape index (κ3) is 2.87. The van der Waals surface area contributed by atoms with Crippen LogP contribution in [-0.2, 0) is 4.74 Å². The Kier molecular flexibility index (Phi) is 3.55. The maximum absolute atomic E-state index is 11.6. The van der Waals surface area contributed by atoms with Gasteiger partial charge in [0, 0.05) is 0 Å². The smallest absolute Gasteiger partial charge is 0.340 e. The molecule has 1 aromatic carbocycles. The van der Waals surface area contributed by atoms with E-state index in [1.807, 2.05) is 13.8 Å². The highest BCUT2D eigenvalue weighted by atomic mass is 16.5. The lowest BCUT2D eigenvalue weighted by Gasteiger charge is -2.09. The maximum Gasteiger partial charge on any atom is 0.340 e. The van der Waals surface area contributed by atoms with Crippen LogP contribution in [0.3, 0.4) is 0 Å². The summed E-state index contributed by atoms with van der Waals surface area (Å²) < 4.78 is 5.05. The van der Waals surface area contributed by atoms with Crippen LogP contribution in [0.15, 0.2) is 18.2 Å². The first kappa shape index (κ1) is 11.4. The third-order valence-electron chi connectivity index (χ3n) is 1.91. The van der Waals surface area contributed by atoms with Crippen molar-refractivity contribution in [3.63, 3.8) is 0 Å². The minimum absolute atomic E-state index is 0.284. The van der Waals surface area contributed by atoms with Crippen LogP contribution < -0.4 is 11.5 Å². The molecule has 4 N–H and O–H groups in total. The summed E-state index contributed by atoms with van der Waals surface area (Å²) in [5.41, 5.74) is 12.3. The fourth-order valence-electron chi connectivity index (χ4n) is 1.08. The Labute approximate surface area is 89.2 Å². The van der Waals surface area contributed by atoms with Crippen LogP contribution in [0, 0.1) is 5.92 Å². The monoisotopic (exact) mass is 208 g/mol. The van der Waals surface area contributed by atoms with Crippen molar-refractivity contribution in [2.75, 3.05) is 18.1 Å². The third-order valence-corrected chi connectivity index (χ3v) is 1.91.